The van der Waals surface area contributed by atoms with E-state index in [4.69, 9.17) is 9.47 Å². The molecule has 0 spiro atoms. The van der Waals surface area contributed by atoms with Crippen LogP contribution in [0.25, 0.3) is 0 Å². The summed E-state index contributed by atoms with van der Waals surface area (Å²) < 4.78 is 12.0. The molecule has 6 nitrogen and oxygen atoms in total. The average Bonchev–Trinajstić information content (AvgIpc) is 2.49. The fourth-order valence-corrected chi connectivity index (χ4v) is 3.09. The molecule has 3 atom stereocenters. The van der Waals surface area contributed by atoms with Gasteiger partial charge in [-0.25, -0.2) is 9.59 Å². The van der Waals surface area contributed by atoms with E-state index in [1.54, 1.807) is 6.92 Å². The number of rotatable bonds is 1. The largest absolute Gasteiger partial charge is 0.437 e. The van der Waals surface area contributed by atoms with E-state index >= 15 is 0 Å². The quantitative estimate of drug-likeness (QED) is 0.751. The van der Waals surface area contributed by atoms with Gasteiger partial charge in [0.1, 0.15) is 0 Å². The monoisotopic (exact) mass is 380 g/mol. The normalized spacial score (nSPS) is 32.2. The zero-order valence-corrected chi connectivity index (χ0v) is 14.4. The Hall–Kier alpha value is -1.86. The summed E-state index contributed by atoms with van der Waals surface area (Å²) in [6.45, 7) is 4.32. The molecule has 0 radical (unpaired) electrons. The molecule has 3 unspecified atom stereocenters. The number of ether oxygens (including phenoxy) is 2. The molecule has 1 N–H and O–H groups in total. The van der Waals surface area contributed by atoms with Crippen LogP contribution in [0.15, 0.2) is 40.9 Å². The van der Waals surface area contributed by atoms with Gasteiger partial charge in [-0.1, -0.05) is 15.9 Å². The fourth-order valence-electron chi connectivity index (χ4n) is 2.83. The predicted molar refractivity (Wildman–Crippen MR) is 87.6 cm³/mol. The Morgan fingerprint density at radius 3 is 2.57 bits per heavy atom. The number of fused-ring (bicyclic) bond motifs is 1. The van der Waals surface area contributed by atoms with E-state index in [2.05, 4.69) is 21.2 Å². The molecule has 2 aliphatic rings. The molecular weight excluding hydrogens is 364 g/mol. The molecule has 7 heteroatoms. The average molecular weight is 381 g/mol. The summed E-state index contributed by atoms with van der Waals surface area (Å²) in [4.78, 5) is 25.7. The second kappa shape index (κ2) is 5.98. The summed E-state index contributed by atoms with van der Waals surface area (Å²) in [6.07, 6.45) is 1.39. The Balaban J connectivity index is 2.03. The van der Waals surface area contributed by atoms with Crippen molar-refractivity contribution in [3.63, 3.8) is 0 Å². The fraction of sp³-hybridized carbons (Fsp3) is 0.375. The minimum atomic E-state index is -1.14. The molecule has 0 bridgehead atoms. The van der Waals surface area contributed by atoms with Gasteiger partial charge in [-0.05, 0) is 31.2 Å². The molecular formula is C16H17BrN2O4. The highest BCUT2D eigenvalue weighted by Gasteiger charge is 2.50. The van der Waals surface area contributed by atoms with Crippen molar-refractivity contribution in [1.29, 1.82) is 0 Å². The lowest BCUT2D eigenvalue weighted by Gasteiger charge is -2.51. The molecule has 0 amide bonds. The first-order valence-electron chi connectivity index (χ1n) is 7.29. The van der Waals surface area contributed by atoms with E-state index in [9.17, 15) is 9.59 Å². The van der Waals surface area contributed by atoms with Gasteiger partial charge in [-0.15, -0.1) is 0 Å². The summed E-state index contributed by atoms with van der Waals surface area (Å²) in [7, 11) is 0. The number of anilines is 1. The maximum atomic E-state index is 12.0. The molecule has 1 fully saturated rings. The lowest BCUT2D eigenvalue weighted by molar-refractivity contribution is -0.189. The van der Waals surface area contributed by atoms with Crippen molar-refractivity contribution in [1.82, 2.24) is 5.32 Å². The number of hydrogen-bond acceptors (Lipinski definition) is 6. The van der Waals surface area contributed by atoms with Gasteiger partial charge in [0.2, 0.25) is 12.0 Å². The first-order valence-corrected chi connectivity index (χ1v) is 8.09. The van der Waals surface area contributed by atoms with Crippen molar-refractivity contribution in [2.75, 3.05) is 11.4 Å². The summed E-state index contributed by atoms with van der Waals surface area (Å²) in [6, 6.07) is 7.73. The number of carbonyl (C=O) groups excluding carboxylic acids is 2. The maximum absolute atomic E-state index is 12.0. The summed E-state index contributed by atoms with van der Waals surface area (Å²) in [5.74, 6) is -1.15. The van der Waals surface area contributed by atoms with Crippen molar-refractivity contribution in [2.45, 2.75) is 31.8 Å². The molecule has 2 heterocycles. The van der Waals surface area contributed by atoms with Gasteiger partial charge in [-0.3, -0.25) is 5.32 Å². The van der Waals surface area contributed by atoms with E-state index in [0.717, 1.165) is 22.3 Å². The zero-order valence-electron chi connectivity index (χ0n) is 12.8. The van der Waals surface area contributed by atoms with E-state index in [0.29, 0.717) is 6.54 Å². The van der Waals surface area contributed by atoms with Crippen LogP contribution in [0.4, 0.5) is 5.69 Å². The van der Waals surface area contributed by atoms with Gasteiger partial charge < -0.3 is 14.4 Å². The number of nitrogens with one attached hydrogen (secondary N) is 1. The van der Waals surface area contributed by atoms with E-state index < -0.39 is 23.9 Å². The highest BCUT2D eigenvalue weighted by atomic mass is 79.9. The molecule has 3 rings (SSSR count). The minimum absolute atomic E-state index is 0.0478. The predicted octanol–water partition coefficient (Wildman–Crippen LogP) is 1.95. The van der Waals surface area contributed by atoms with Crippen LogP contribution in [0.2, 0.25) is 0 Å². The highest BCUT2D eigenvalue weighted by Crippen LogP contribution is 2.34. The maximum Gasteiger partial charge on any atom is 0.333 e. The van der Waals surface area contributed by atoms with Gasteiger partial charge in [0.15, 0.2) is 0 Å². The lowest BCUT2D eigenvalue weighted by Crippen LogP contribution is -2.71. The summed E-state index contributed by atoms with van der Waals surface area (Å²) in [5, 5.41) is 3.18. The number of nitrogens with zero attached hydrogens (tertiary/aromatic N) is 1. The molecule has 122 valence electrons. The molecule has 1 aromatic carbocycles. The lowest BCUT2D eigenvalue weighted by atomic mass is 10.0. The van der Waals surface area contributed by atoms with Crippen molar-refractivity contribution >= 4 is 33.6 Å². The summed E-state index contributed by atoms with van der Waals surface area (Å²) in [5.41, 5.74) is -0.264. The van der Waals surface area contributed by atoms with Crippen LogP contribution in [0.5, 0.6) is 0 Å². The number of halogens is 1. The Morgan fingerprint density at radius 1 is 1.22 bits per heavy atom. The number of benzene rings is 1. The first-order chi connectivity index (χ1) is 10.9. The molecule has 0 aliphatic carbocycles. The molecule has 0 saturated carbocycles. The van der Waals surface area contributed by atoms with Crippen molar-refractivity contribution in [3.05, 3.63) is 40.9 Å². The SMILES string of the molecule is CC1CN(c2ccc(Br)cc2)C2(C)OC(=O)/C=C/C(=O)OC2N1. The number of esters is 2. The van der Waals surface area contributed by atoms with Crippen LogP contribution in [-0.2, 0) is 19.1 Å². The standard InChI is InChI=1S/C16H17BrN2O4/c1-10-9-19(12-5-3-11(17)4-6-12)16(2)15(18-10)22-13(20)7-8-14(21)23-16/h3-8,10,15,18H,9H2,1-2H3/b8-7+. The third-order valence-electron chi connectivity index (χ3n) is 3.95. The Labute approximate surface area is 142 Å². The van der Waals surface area contributed by atoms with Crippen molar-refractivity contribution < 1.29 is 19.1 Å². The second-order valence-corrected chi connectivity index (χ2v) is 6.70. The smallest absolute Gasteiger partial charge is 0.333 e. The van der Waals surface area contributed by atoms with Gasteiger partial charge in [0.05, 0.1) is 0 Å². The van der Waals surface area contributed by atoms with Gasteiger partial charge in [-0.2, -0.15) is 0 Å². The Kier molecular flexibility index (Phi) is 4.16. The van der Waals surface area contributed by atoms with Gasteiger partial charge in [0, 0.05) is 41.8 Å². The summed E-state index contributed by atoms with van der Waals surface area (Å²) >= 11 is 3.41. The number of carbonyl (C=O) groups is 2. The molecule has 1 saturated heterocycles. The number of hydrogen-bond donors (Lipinski definition) is 1. The van der Waals surface area contributed by atoms with E-state index in [1.165, 1.54) is 0 Å². The van der Waals surface area contributed by atoms with E-state index in [1.807, 2.05) is 36.1 Å². The van der Waals surface area contributed by atoms with Crippen LogP contribution in [0.1, 0.15) is 13.8 Å². The molecule has 0 aromatic heterocycles. The highest BCUT2D eigenvalue weighted by molar-refractivity contribution is 9.10. The molecule has 1 aromatic rings. The van der Waals surface area contributed by atoms with Gasteiger partial charge >= 0.3 is 11.9 Å². The Bertz CT molecular complexity index is 661. The van der Waals surface area contributed by atoms with Crippen LogP contribution in [0.3, 0.4) is 0 Å². The van der Waals surface area contributed by atoms with E-state index in [-0.39, 0.29) is 6.04 Å². The third kappa shape index (κ3) is 3.11. The van der Waals surface area contributed by atoms with Crippen LogP contribution >= 0.6 is 15.9 Å². The topological polar surface area (TPSA) is 67.9 Å². The van der Waals surface area contributed by atoms with Crippen molar-refractivity contribution in [2.24, 2.45) is 0 Å². The second-order valence-electron chi connectivity index (χ2n) is 5.78. The number of piperazine rings is 1. The van der Waals surface area contributed by atoms with Crippen molar-refractivity contribution in [3.8, 4) is 0 Å². The van der Waals surface area contributed by atoms with Gasteiger partial charge in [0.25, 0.3) is 0 Å². The first kappa shape index (κ1) is 16.0. The minimum Gasteiger partial charge on any atom is -0.437 e. The molecule has 23 heavy (non-hydrogen) atoms. The van der Waals surface area contributed by atoms with Crippen LogP contribution < -0.4 is 10.2 Å². The Morgan fingerprint density at radius 2 is 1.87 bits per heavy atom. The zero-order chi connectivity index (χ0) is 16.6. The third-order valence-corrected chi connectivity index (χ3v) is 4.48. The van der Waals surface area contributed by atoms with Crippen LogP contribution in [-0.4, -0.2) is 36.5 Å². The van der Waals surface area contributed by atoms with Crippen LogP contribution in [0, 0.1) is 0 Å². The molecule has 2 aliphatic heterocycles.